The fourth-order valence-electron chi connectivity index (χ4n) is 3.07. The van der Waals surface area contributed by atoms with Gasteiger partial charge >= 0.3 is 0 Å². The lowest BCUT2D eigenvalue weighted by molar-refractivity contribution is -0.119. The zero-order valence-electron chi connectivity index (χ0n) is 15.8. The van der Waals surface area contributed by atoms with Crippen LogP contribution in [0.5, 0.6) is 0 Å². The Morgan fingerprint density at radius 1 is 1.31 bits per heavy atom. The Morgan fingerprint density at radius 3 is 2.83 bits per heavy atom. The molecule has 1 aromatic carbocycles. The van der Waals surface area contributed by atoms with Gasteiger partial charge in [-0.15, -0.1) is 21.5 Å². The molecular weight excluding hydrogens is 447 g/mol. The Morgan fingerprint density at radius 2 is 2.14 bits per heavy atom. The highest BCUT2D eigenvalue weighted by molar-refractivity contribution is 7.99. The van der Waals surface area contributed by atoms with E-state index in [1.54, 1.807) is 23.5 Å². The third kappa shape index (κ3) is 5.15. The summed E-state index contributed by atoms with van der Waals surface area (Å²) >= 11 is 15.2. The van der Waals surface area contributed by atoms with E-state index in [2.05, 4.69) is 31.5 Å². The monoisotopic (exact) mass is 466 g/mol. The van der Waals surface area contributed by atoms with Crippen molar-refractivity contribution in [1.82, 2.24) is 20.1 Å². The van der Waals surface area contributed by atoms with Gasteiger partial charge in [0.25, 0.3) is 0 Å². The van der Waals surface area contributed by atoms with Crippen LogP contribution in [-0.4, -0.2) is 26.4 Å². The van der Waals surface area contributed by atoms with Gasteiger partial charge in [0.1, 0.15) is 5.82 Å². The second kappa shape index (κ2) is 9.08. The Hall–Kier alpha value is -1.54. The number of rotatable bonds is 8. The number of thiophene rings is 1. The van der Waals surface area contributed by atoms with Crippen molar-refractivity contribution in [2.75, 3.05) is 5.75 Å². The molecule has 1 saturated carbocycles. The molecule has 0 saturated heterocycles. The zero-order valence-corrected chi connectivity index (χ0v) is 18.9. The van der Waals surface area contributed by atoms with Gasteiger partial charge in [-0.1, -0.05) is 47.1 Å². The third-order valence-corrected chi connectivity index (χ3v) is 7.27. The van der Waals surface area contributed by atoms with Crippen LogP contribution in [0.25, 0.3) is 0 Å². The second-order valence-electron chi connectivity index (χ2n) is 7.01. The number of amides is 1. The fraction of sp³-hybridized carbons (Fsp3) is 0.350. The van der Waals surface area contributed by atoms with E-state index in [-0.39, 0.29) is 17.7 Å². The smallest absolute Gasteiger partial charge is 0.230 e. The number of hydrogen-bond donors (Lipinski definition) is 1. The lowest BCUT2D eigenvalue weighted by atomic mass is 10.1. The number of benzene rings is 1. The SMILES string of the molecule is CC(NC(=O)CSc1nnc(Cc2cccs2)n1C1CC1)c1ccc(Cl)c(Cl)c1. The number of carbonyl (C=O) groups is 1. The predicted octanol–water partition coefficient (Wildman–Crippen LogP) is 5.54. The van der Waals surface area contributed by atoms with Gasteiger partial charge in [0, 0.05) is 17.3 Å². The molecule has 1 fully saturated rings. The molecule has 152 valence electrons. The molecule has 1 aliphatic carbocycles. The van der Waals surface area contributed by atoms with Crippen molar-refractivity contribution in [3.63, 3.8) is 0 Å². The summed E-state index contributed by atoms with van der Waals surface area (Å²) in [6.07, 6.45) is 3.06. The number of hydrogen-bond acceptors (Lipinski definition) is 5. The highest BCUT2D eigenvalue weighted by Crippen LogP contribution is 2.39. The Kier molecular flexibility index (Phi) is 6.49. The van der Waals surface area contributed by atoms with Crippen molar-refractivity contribution in [3.8, 4) is 0 Å². The molecule has 1 atom stereocenters. The van der Waals surface area contributed by atoms with Crippen LogP contribution >= 0.6 is 46.3 Å². The lowest BCUT2D eigenvalue weighted by Gasteiger charge is -2.15. The minimum Gasteiger partial charge on any atom is -0.349 e. The van der Waals surface area contributed by atoms with Crippen molar-refractivity contribution in [2.24, 2.45) is 0 Å². The van der Waals surface area contributed by atoms with Gasteiger partial charge in [-0.05, 0) is 48.9 Å². The van der Waals surface area contributed by atoms with Crippen LogP contribution in [0.1, 0.15) is 48.1 Å². The molecule has 1 amide bonds. The third-order valence-electron chi connectivity index (χ3n) is 4.71. The molecule has 5 nitrogen and oxygen atoms in total. The number of halogens is 2. The van der Waals surface area contributed by atoms with Crippen LogP contribution in [0, 0.1) is 0 Å². The van der Waals surface area contributed by atoms with Crippen LogP contribution < -0.4 is 5.32 Å². The summed E-state index contributed by atoms with van der Waals surface area (Å²) in [5.41, 5.74) is 0.914. The molecule has 0 spiro atoms. The summed E-state index contributed by atoms with van der Waals surface area (Å²) in [6, 6.07) is 9.85. The number of aromatic nitrogens is 3. The minimum atomic E-state index is -0.159. The summed E-state index contributed by atoms with van der Waals surface area (Å²) < 4.78 is 2.21. The van der Waals surface area contributed by atoms with Crippen molar-refractivity contribution in [1.29, 1.82) is 0 Å². The van der Waals surface area contributed by atoms with E-state index in [4.69, 9.17) is 23.2 Å². The first-order valence-corrected chi connectivity index (χ1v) is 12.0. The van der Waals surface area contributed by atoms with E-state index >= 15 is 0 Å². The van der Waals surface area contributed by atoms with Gasteiger partial charge in [-0.25, -0.2) is 0 Å². The molecule has 1 unspecified atom stereocenters. The minimum absolute atomic E-state index is 0.0567. The molecule has 9 heteroatoms. The molecule has 0 radical (unpaired) electrons. The number of carbonyl (C=O) groups excluding carboxylic acids is 1. The lowest BCUT2D eigenvalue weighted by Crippen LogP contribution is -2.28. The highest BCUT2D eigenvalue weighted by Gasteiger charge is 2.30. The van der Waals surface area contributed by atoms with E-state index in [9.17, 15) is 4.79 Å². The molecule has 0 bridgehead atoms. The summed E-state index contributed by atoms with van der Waals surface area (Å²) in [6.45, 7) is 1.92. The van der Waals surface area contributed by atoms with Crippen LogP contribution in [0.2, 0.25) is 10.0 Å². The molecule has 0 aliphatic heterocycles. The molecule has 1 aliphatic rings. The average Bonchev–Trinajstić information content (AvgIpc) is 3.25. The Bertz CT molecular complexity index is 1000. The number of thioether (sulfide) groups is 1. The second-order valence-corrected chi connectivity index (χ2v) is 9.80. The molecule has 3 aromatic rings. The van der Waals surface area contributed by atoms with E-state index < -0.39 is 0 Å². The summed E-state index contributed by atoms with van der Waals surface area (Å²) in [4.78, 5) is 13.7. The van der Waals surface area contributed by atoms with Gasteiger partial charge in [0.15, 0.2) is 5.16 Å². The summed E-state index contributed by atoms with van der Waals surface area (Å²) in [7, 11) is 0. The fourth-order valence-corrected chi connectivity index (χ4v) is 4.92. The van der Waals surface area contributed by atoms with Gasteiger partial charge in [-0.2, -0.15) is 0 Å². The maximum absolute atomic E-state index is 12.5. The first-order valence-electron chi connectivity index (χ1n) is 9.34. The molecule has 2 aromatic heterocycles. The standard InChI is InChI=1S/C20H20Cl2N4OS2/c1-12(13-4-7-16(21)17(22)9-13)23-19(27)11-29-20-25-24-18(26(20)14-5-6-14)10-15-3-2-8-28-15/h2-4,7-9,12,14H,5-6,10-11H2,1H3,(H,23,27). The van der Waals surface area contributed by atoms with Crippen molar-refractivity contribution >= 4 is 52.2 Å². The number of nitrogens with zero attached hydrogens (tertiary/aromatic N) is 3. The molecule has 1 N–H and O–H groups in total. The maximum atomic E-state index is 12.5. The molecule has 29 heavy (non-hydrogen) atoms. The maximum Gasteiger partial charge on any atom is 0.230 e. The first kappa shape index (κ1) is 20.7. The molecule has 4 rings (SSSR count). The van der Waals surface area contributed by atoms with Crippen molar-refractivity contribution in [3.05, 3.63) is 62.0 Å². The van der Waals surface area contributed by atoms with Gasteiger partial charge in [-0.3, -0.25) is 4.79 Å². The van der Waals surface area contributed by atoms with Crippen LogP contribution in [0.4, 0.5) is 0 Å². The quantitative estimate of drug-likeness (QED) is 0.442. The highest BCUT2D eigenvalue weighted by atomic mass is 35.5. The van der Waals surface area contributed by atoms with Crippen LogP contribution in [0.3, 0.4) is 0 Å². The van der Waals surface area contributed by atoms with Gasteiger partial charge in [0.05, 0.1) is 21.8 Å². The zero-order chi connectivity index (χ0) is 20.4. The number of nitrogens with one attached hydrogen (secondary N) is 1. The summed E-state index contributed by atoms with van der Waals surface area (Å²) in [5.74, 6) is 1.20. The van der Waals surface area contributed by atoms with Crippen molar-refractivity contribution in [2.45, 2.75) is 43.4 Å². The average molecular weight is 467 g/mol. The van der Waals surface area contributed by atoms with Gasteiger partial charge in [0.2, 0.25) is 5.91 Å². The molecule has 2 heterocycles. The van der Waals surface area contributed by atoms with Crippen molar-refractivity contribution < 1.29 is 4.79 Å². The van der Waals surface area contributed by atoms with Gasteiger partial charge < -0.3 is 9.88 Å². The Labute approximate surface area is 187 Å². The Balaban J connectivity index is 1.37. The van der Waals surface area contributed by atoms with Crippen LogP contribution in [-0.2, 0) is 11.2 Å². The van der Waals surface area contributed by atoms with E-state index in [0.717, 1.165) is 35.8 Å². The normalized spacial score (nSPS) is 14.7. The van der Waals surface area contributed by atoms with Crippen LogP contribution in [0.15, 0.2) is 40.9 Å². The van der Waals surface area contributed by atoms with E-state index in [0.29, 0.717) is 16.1 Å². The predicted molar refractivity (Wildman–Crippen MR) is 119 cm³/mol. The largest absolute Gasteiger partial charge is 0.349 e. The molecular formula is C20H20Cl2N4OS2. The van der Waals surface area contributed by atoms with E-state index in [1.807, 2.05) is 19.1 Å². The first-order chi connectivity index (χ1) is 14.0. The summed E-state index contributed by atoms with van der Waals surface area (Å²) in [5, 5.41) is 15.6. The topological polar surface area (TPSA) is 59.8 Å². The van der Waals surface area contributed by atoms with E-state index in [1.165, 1.54) is 16.6 Å².